The molecule has 0 spiro atoms. The second-order valence-corrected chi connectivity index (χ2v) is 13.6. The van der Waals surface area contributed by atoms with Crippen molar-refractivity contribution in [2.45, 2.75) is 24.9 Å². The van der Waals surface area contributed by atoms with Crippen LogP contribution in [0.5, 0.6) is 11.5 Å². The number of ether oxygens (including phenoxy) is 3. The number of hydrogen-bond donors (Lipinski definition) is 10. The van der Waals surface area contributed by atoms with Gasteiger partial charge in [0.1, 0.15) is 23.6 Å². The van der Waals surface area contributed by atoms with Gasteiger partial charge in [0.05, 0.1) is 37.2 Å². The molecule has 0 fully saturated rings. The highest BCUT2D eigenvalue weighted by Gasteiger charge is 2.34. The van der Waals surface area contributed by atoms with Crippen LogP contribution in [-0.4, -0.2) is 128 Å². The zero-order valence-electron chi connectivity index (χ0n) is 34.0. The van der Waals surface area contributed by atoms with Crippen molar-refractivity contribution in [1.82, 2.24) is 9.80 Å². The number of amides is 2. The van der Waals surface area contributed by atoms with Gasteiger partial charge in [-0.2, -0.15) is 0 Å². The third-order valence-corrected chi connectivity index (χ3v) is 8.92. The summed E-state index contributed by atoms with van der Waals surface area (Å²) in [5.74, 6) is -11.1. The van der Waals surface area contributed by atoms with E-state index in [0.29, 0.717) is 21.2 Å². The van der Waals surface area contributed by atoms with Crippen LogP contribution >= 0.6 is 0 Å². The Balaban J connectivity index is 1.49. The number of carboxylic acids is 4. The fraction of sp³-hybridized carbons (Fsp3) is 0.190. The van der Waals surface area contributed by atoms with E-state index < -0.39 is 98.9 Å². The van der Waals surface area contributed by atoms with Crippen molar-refractivity contribution in [3.05, 3.63) is 119 Å². The minimum atomic E-state index is -1.94. The van der Waals surface area contributed by atoms with Crippen LogP contribution in [-0.2, 0) is 23.9 Å². The summed E-state index contributed by atoms with van der Waals surface area (Å²) in [5.41, 5.74) is 11.2. The lowest BCUT2D eigenvalue weighted by atomic mass is 10.1. The lowest BCUT2D eigenvalue weighted by molar-refractivity contribution is -0.149. The molecule has 340 valence electrons. The number of guanidine groups is 2. The minimum Gasteiger partial charge on any atom is -0.481 e. The Morgan fingerprint density at radius 1 is 0.538 bits per heavy atom. The molecule has 0 bridgehead atoms. The number of carbonyl (C=O) groups is 8. The molecule has 0 aliphatic carbocycles. The summed E-state index contributed by atoms with van der Waals surface area (Å²) in [6, 6.07) is 17.6. The molecule has 0 saturated carbocycles. The lowest BCUT2D eigenvalue weighted by Gasteiger charge is -2.30. The maximum absolute atomic E-state index is 13.8. The molecule has 12 N–H and O–H groups in total. The van der Waals surface area contributed by atoms with Crippen molar-refractivity contribution in [3.8, 4) is 11.5 Å². The first-order chi connectivity index (χ1) is 30.8. The first-order valence-corrected chi connectivity index (χ1v) is 19.0. The number of nitrogens with one attached hydrogen (secondary N) is 4. The molecule has 23 heteroatoms. The first kappa shape index (κ1) is 48.8. The zero-order chi connectivity index (χ0) is 47.8. The highest BCUT2D eigenvalue weighted by molar-refractivity contribution is 6.00. The van der Waals surface area contributed by atoms with Gasteiger partial charge in [-0.3, -0.25) is 30.0 Å². The van der Waals surface area contributed by atoms with E-state index >= 15 is 0 Å². The predicted molar refractivity (Wildman–Crippen MR) is 227 cm³/mol. The molecule has 65 heavy (non-hydrogen) atoms. The summed E-state index contributed by atoms with van der Waals surface area (Å²) >= 11 is 0. The highest BCUT2D eigenvalue weighted by atomic mass is 16.5. The van der Waals surface area contributed by atoms with Crippen molar-refractivity contribution < 1.29 is 73.0 Å². The summed E-state index contributed by atoms with van der Waals surface area (Å²) < 4.78 is 16.4. The molecular weight excluding hydrogens is 857 g/mol. The van der Waals surface area contributed by atoms with Gasteiger partial charge < -0.3 is 66.5 Å². The molecular formula is C42H42N8O15. The number of nitrogens with two attached hydrogens (primary N) is 2. The monoisotopic (exact) mass is 898 g/mol. The summed E-state index contributed by atoms with van der Waals surface area (Å²) in [4.78, 5) is 103. The molecule has 0 radical (unpaired) electrons. The lowest BCUT2D eigenvalue weighted by Crippen LogP contribution is -2.49. The molecule has 4 aromatic carbocycles. The number of anilines is 2. The van der Waals surface area contributed by atoms with E-state index in [1.165, 1.54) is 84.9 Å². The van der Waals surface area contributed by atoms with Crippen LogP contribution in [0.1, 0.15) is 54.3 Å². The van der Waals surface area contributed by atoms with Crippen LogP contribution in [0.3, 0.4) is 0 Å². The fourth-order valence-electron chi connectivity index (χ4n) is 5.96. The summed E-state index contributed by atoms with van der Waals surface area (Å²) in [6.45, 7) is -2.15. The largest absolute Gasteiger partial charge is 0.481 e. The number of carboxylic acid groups (broad SMARTS) is 4. The van der Waals surface area contributed by atoms with E-state index in [1.54, 1.807) is 0 Å². The normalized spacial score (nSPS) is 11.4. The average molecular weight is 899 g/mol. The zero-order valence-corrected chi connectivity index (χ0v) is 34.0. The van der Waals surface area contributed by atoms with Gasteiger partial charge >= 0.3 is 35.8 Å². The van der Waals surface area contributed by atoms with Gasteiger partial charge in [-0.1, -0.05) is 12.1 Å². The minimum absolute atomic E-state index is 0.0820. The van der Waals surface area contributed by atoms with Crippen LogP contribution in [0.25, 0.3) is 0 Å². The number of rotatable bonds is 22. The molecule has 4 aromatic rings. The number of carbonyl (C=O) groups excluding carboxylic acids is 4. The standard InChI is InChI=1S/C42H42N8O15/c43-41(44)47-27-11-7-23(8-12-27)39(61)64-29-5-1-3-25(19-29)35(55)49(31(37(57)58)21-33(51)52)15-17-63-18-16-50(32(38(59)60)22-34(53)54)36(56)26-4-2-6-30(20-26)65-40(62)24-9-13-28(14-10-24)48-42(45)46/h1-14,19-20,31-32H,15-18,21-22H2,(H,51,52)(H,53,54)(H,57,58)(H,59,60)(H4,43,44,47)(H4,45,46,48). The molecule has 2 amide bonds. The van der Waals surface area contributed by atoms with Crippen LogP contribution in [0, 0.1) is 10.8 Å². The van der Waals surface area contributed by atoms with Crippen molar-refractivity contribution in [2.24, 2.45) is 11.5 Å². The Hall–Kier alpha value is -8.86. The average Bonchev–Trinajstić information content (AvgIpc) is 3.24. The fourth-order valence-corrected chi connectivity index (χ4v) is 5.96. The van der Waals surface area contributed by atoms with Crippen LogP contribution in [0.2, 0.25) is 0 Å². The van der Waals surface area contributed by atoms with Crippen molar-refractivity contribution in [2.75, 3.05) is 36.9 Å². The summed E-state index contributed by atoms with van der Waals surface area (Å²) in [5, 5.41) is 58.6. The topological polar surface area (TPSA) is 375 Å². The van der Waals surface area contributed by atoms with Crippen molar-refractivity contribution in [1.29, 1.82) is 10.8 Å². The van der Waals surface area contributed by atoms with Gasteiger partial charge in [0, 0.05) is 35.6 Å². The van der Waals surface area contributed by atoms with E-state index in [4.69, 9.17) is 36.5 Å². The maximum atomic E-state index is 13.8. The molecule has 0 aromatic heterocycles. The quantitative estimate of drug-likeness (QED) is 0.0178. The molecule has 23 nitrogen and oxygen atoms in total. The summed E-state index contributed by atoms with van der Waals surface area (Å²) in [6.07, 6.45) is -2.08. The van der Waals surface area contributed by atoms with Crippen LogP contribution < -0.4 is 31.6 Å². The van der Waals surface area contributed by atoms with Gasteiger partial charge in [0.25, 0.3) is 11.8 Å². The van der Waals surface area contributed by atoms with E-state index in [-0.39, 0.29) is 45.7 Å². The molecule has 0 aliphatic heterocycles. The van der Waals surface area contributed by atoms with Gasteiger partial charge in [-0.15, -0.1) is 0 Å². The molecule has 0 saturated heterocycles. The Kier molecular flexibility index (Phi) is 17.1. The van der Waals surface area contributed by atoms with Gasteiger partial charge in [0.2, 0.25) is 0 Å². The van der Waals surface area contributed by atoms with E-state index in [9.17, 15) is 58.8 Å². The highest BCUT2D eigenvalue weighted by Crippen LogP contribution is 2.22. The van der Waals surface area contributed by atoms with Crippen molar-refractivity contribution in [3.63, 3.8) is 0 Å². The second-order valence-electron chi connectivity index (χ2n) is 13.6. The number of hydrogen-bond acceptors (Lipinski definition) is 13. The van der Waals surface area contributed by atoms with E-state index in [0.717, 1.165) is 12.1 Å². The van der Waals surface area contributed by atoms with Gasteiger partial charge in [0.15, 0.2) is 11.9 Å². The molecule has 0 heterocycles. The van der Waals surface area contributed by atoms with Gasteiger partial charge in [-0.25, -0.2) is 19.2 Å². The third kappa shape index (κ3) is 14.6. The number of nitrogens with zero attached hydrogens (tertiary/aromatic N) is 2. The molecule has 2 atom stereocenters. The van der Waals surface area contributed by atoms with E-state index in [2.05, 4.69) is 10.6 Å². The first-order valence-electron chi connectivity index (χ1n) is 19.0. The smallest absolute Gasteiger partial charge is 0.343 e. The van der Waals surface area contributed by atoms with Gasteiger partial charge in [-0.05, 0) is 84.9 Å². The predicted octanol–water partition coefficient (Wildman–Crippen LogP) is 2.19. The number of aliphatic carboxylic acids is 4. The SMILES string of the molecule is N=C(N)Nc1ccc(C(=O)Oc2cccc(C(=O)N(CCOCCN(C(=O)c3cccc(OC(=O)c4ccc(NC(=N)N)cc4)c3)C(CC(=O)O)C(=O)O)C(CC(=O)O)C(=O)O)c2)cc1. The number of esters is 2. The Morgan fingerprint density at radius 2 is 0.892 bits per heavy atom. The van der Waals surface area contributed by atoms with Crippen LogP contribution in [0.4, 0.5) is 11.4 Å². The van der Waals surface area contributed by atoms with E-state index in [1.807, 2.05) is 0 Å². The Labute approximate surface area is 368 Å². The molecule has 0 aliphatic rings. The molecule has 2 unspecified atom stereocenters. The summed E-state index contributed by atoms with van der Waals surface area (Å²) in [7, 11) is 0. The van der Waals surface area contributed by atoms with Crippen LogP contribution in [0.15, 0.2) is 97.1 Å². The maximum Gasteiger partial charge on any atom is 0.343 e. The third-order valence-electron chi connectivity index (χ3n) is 8.92. The second kappa shape index (κ2) is 22.8. The Bertz CT molecular complexity index is 2290. The number of benzene rings is 4. The molecule has 4 rings (SSSR count). The van der Waals surface area contributed by atoms with Crippen molar-refractivity contribution >= 4 is 70.9 Å². The Morgan fingerprint density at radius 3 is 1.20 bits per heavy atom.